The molecule has 0 fully saturated rings. The van der Waals surface area contributed by atoms with Crippen LogP contribution in [0.1, 0.15) is 24.1 Å². The van der Waals surface area contributed by atoms with Crippen LogP contribution in [0.4, 0.5) is 5.69 Å². The number of benzene rings is 2. The van der Waals surface area contributed by atoms with Crippen LogP contribution < -0.4 is 10.0 Å². The van der Waals surface area contributed by atoms with Crippen molar-refractivity contribution in [2.75, 3.05) is 11.0 Å². The summed E-state index contributed by atoms with van der Waals surface area (Å²) in [4.78, 5) is 0. The molecule has 2 N–H and O–H groups in total. The first kappa shape index (κ1) is 18.1. The molecule has 0 unspecified atom stereocenters. The van der Waals surface area contributed by atoms with Crippen molar-refractivity contribution < 1.29 is 8.42 Å². The number of sulfonamides is 1. The van der Waals surface area contributed by atoms with Gasteiger partial charge in [-0.3, -0.25) is 4.72 Å². The summed E-state index contributed by atoms with van der Waals surface area (Å²) >= 11 is 12.2. The standard InChI is InChI=1S/C16H18Cl2N2O2S/c1-11(19-10-13-4-3-5-15(17)16(13)18)12-6-8-14(9-7-12)20-23(2,21)22/h3-9,11,19-20H,10H2,1-2H3/t11-/m1/s1. The average molecular weight is 373 g/mol. The van der Waals surface area contributed by atoms with Gasteiger partial charge in [0.1, 0.15) is 0 Å². The minimum absolute atomic E-state index is 0.0809. The van der Waals surface area contributed by atoms with E-state index in [1.54, 1.807) is 18.2 Å². The fourth-order valence-corrected chi connectivity index (χ4v) is 3.07. The van der Waals surface area contributed by atoms with Gasteiger partial charge in [0.2, 0.25) is 10.0 Å². The second-order valence-electron chi connectivity index (χ2n) is 5.31. The first-order valence-corrected chi connectivity index (χ1v) is 9.65. The maximum atomic E-state index is 11.2. The predicted octanol–water partition coefficient (Wildman–Crippen LogP) is 4.22. The molecule has 1 atom stereocenters. The van der Waals surface area contributed by atoms with Crippen molar-refractivity contribution in [2.24, 2.45) is 0 Å². The van der Waals surface area contributed by atoms with Crippen molar-refractivity contribution >= 4 is 38.9 Å². The van der Waals surface area contributed by atoms with Crippen molar-refractivity contribution in [1.82, 2.24) is 5.32 Å². The van der Waals surface area contributed by atoms with Gasteiger partial charge in [-0.25, -0.2) is 8.42 Å². The summed E-state index contributed by atoms with van der Waals surface area (Å²) in [6.45, 7) is 2.61. The van der Waals surface area contributed by atoms with E-state index in [0.29, 0.717) is 22.3 Å². The van der Waals surface area contributed by atoms with Gasteiger partial charge in [-0.2, -0.15) is 0 Å². The van der Waals surface area contributed by atoms with E-state index < -0.39 is 10.0 Å². The first-order valence-electron chi connectivity index (χ1n) is 7.00. The van der Waals surface area contributed by atoms with Crippen LogP contribution in [0.5, 0.6) is 0 Å². The highest BCUT2D eigenvalue weighted by Crippen LogP contribution is 2.26. The lowest BCUT2D eigenvalue weighted by Crippen LogP contribution is -2.18. The fraction of sp³-hybridized carbons (Fsp3) is 0.250. The molecule has 2 rings (SSSR count). The molecule has 0 saturated heterocycles. The monoisotopic (exact) mass is 372 g/mol. The SMILES string of the molecule is C[C@@H](NCc1cccc(Cl)c1Cl)c1ccc(NS(C)(=O)=O)cc1. The van der Waals surface area contributed by atoms with E-state index in [1.165, 1.54) is 0 Å². The lowest BCUT2D eigenvalue weighted by atomic mass is 10.1. The molecule has 7 heteroatoms. The summed E-state index contributed by atoms with van der Waals surface area (Å²) < 4.78 is 24.8. The first-order chi connectivity index (χ1) is 10.8. The van der Waals surface area contributed by atoms with Gasteiger partial charge >= 0.3 is 0 Å². The van der Waals surface area contributed by atoms with E-state index in [0.717, 1.165) is 17.4 Å². The lowest BCUT2D eigenvalue weighted by Gasteiger charge is -2.16. The molecular formula is C16H18Cl2N2O2S. The van der Waals surface area contributed by atoms with E-state index in [2.05, 4.69) is 10.0 Å². The normalized spacial score (nSPS) is 12.9. The molecule has 0 spiro atoms. The largest absolute Gasteiger partial charge is 0.306 e. The van der Waals surface area contributed by atoms with Crippen LogP contribution in [0.2, 0.25) is 10.0 Å². The second-order valence-corrected chi connectivity index (χ2v) is 7.85. The maximum absolute atomic E-state index is 11.2. The molecule has 0 amide bonds. The van der Waals surface area contributed by atoms with E-state index >= 15 is 0 Å². The zero-order valence-electron chi connectivity index (χ0n) is 12.8. The third kappa shape index (κ3) is 5.39. The van der Waals surface area contributed by atoms with Gasteiger partial charge in [0.15, 0.2) is 0 Å². The number of halogens is 2. The van der Waals surface area contributed by atoms with Gasteiger partial charge in [-0.1, -0.05) is 47.5 Å². The molecule has 0 aliphatic heterocycles. The molecule has 0 heterocycles. The Morgan fingerprint density at radius 2 is 1.74 bits per heavy atom. The summed E-state index contributed by atoms with van der Waals surface area (Å²) in [6.07, 6.45) is 1.12. The Kier molecular flexibility index (Phi) is 5.92. The van der Waals surface area contributed by atoms with Gasteiger partial charge in [-0.05, 0) is 36.2 Å². The van der Waals surface area contributed by atoms with E-state index in [1.807, 2.05) is 31.2 Å². The third-order valence-corrected chi connectivity index (χ3v) is 4.81. The highest BCUT2D eigenvalue weighted by Gasteiger charge is 2.09. The van der Waals surface area contributed by atoms with Crippen molar-refractivity contribution in [3.8, 4) is 0 Å². The average Bonchev–Trinajstić information content (AvgIpc) is 2.47. The zero-order valence-corrected chi connectivity index (χ0v) is 15.1. The fourth-order valence-electron chi connectivity index (χ4n) is 2.12. The summed E-state index contributed by atoms with van der Waals surface area (Å²) in [5, 5.41) is 4.46. The van der Waals surface area contributed by atoms with Crippen LogP contribution in [0, 0.1) is 0 Å². The molecule has 2 aromatic carbocycles. The molecule has 2 aromatic rings. The molecule has 0 bridgehead atoms. The van der Waals surface area contributed by atoms with Gasteiger partial charge in [0, 0.05) is 18.3 Å². The summed E-state index contributed by atoms with van der Waals surface area (Å²) in [5.74, 6) is 0. The number of hydrogen-bond donors (Lipinski definition) is 2. The molecule has 23 heavy (non-hydrogen) atoms. The Morgan fingerprint density at radius 3 is 2.35 bits per heavy atom. The second kappa shape index (κ2) is 7.53. The zero-order chi connectivity index (χ0) is 17.0. The molecule has 124 valence electrons. The van der Waals surface area contributed by atoms with Crippen molar-refractivity contribution in [2.45, 2.75) is 19.5 Å². The van der Waals surface area contributed by atoms with E-state index in [4.69, 9.17) is 23.2 Å². The quantitative estimate of drug-likeness (QED) is 0.797. The van der Waals surface area contributed by atoms with Gasteiger partial charge < -0.3 is 5.32 Å². The smallest absolute Gasteiger partial charge is 0.229 e. The molecule has 4 nitrogen and oxygen atoms in total. The van der Waals surface area contributed by atoms with Crippen LogP contribution in [-0.2, 0) is 16.6 Å². The Labute approximate surface area is 146 Å². The van der Waals surface area contributed by atoms with E-state index in [9.17, 15) is 8.42 Å². The maximum Gasteiger partial charge on any atom is 0.229 e. The van der Waals surface area contributed by atoms with Gasteiger partial charge in [-0.15, -0.1) is 0 Å². The minimum Gasteiger partial charge on any atom is -0.306 e. The van der Waals surface area contributed by atoms with Gasteiger partial charge in [0.25, 0.3) is 0 Å². The lowest BCUT2D eigenvalue weighted by molar-refractivity contribution is 0.575. The number of anilines is 1. The number of nitrogens with one attached hydrogen (secondary N) is 2. The van der Waals surface area contributed by atoms with E-state index in [-0.39, 0.29) is 6.04 Å². The molecule has 0 saturated carbocycles. The minimum atomic E-state index is -3.26. The molecular weight excluding hydrogens is 355 g/mol. The van der Waals surface area contributed by atoms with Crippen LogP contribution in [0.3, 0.4) is 0 Å². The Balaban J connectivity index is 2.00. The van der Waals surface area contributed by atoms with Gasteiger partial charge in [0.05, 0.1) is 16.3 Å². The van der Waals surface area contributed by atoms with Crippen LogP contribution in [-0.4, -0.2) is 14.7 Å². The molecule has 0 aliphatic carbocycles. The number of hydrogen-bond acceptors (Lipinski definition) is 3. The summed E-state index contributed by atoms with van der Waals surface area (Å²) in [7, 11) is -3.26. The Bertz CT molecular complexity index is 777. The van der Waals surface area contributed by atoms with Crippen LogP contribution >= 0.6 is 23.2 Å². The molecule has 0 aliphatic rings. The highest BCUT2D eigenvalue weighted by atomic mass is 35.5. The summed E-state index contributed by atoms with van der Waals surface area (Å²) in [6, 6.07) is 12.9. The summed E-state index contributed by atoms with van der Waals surface area (Å²) in [5.41, 5.74) is 2.52. The van der Waals surface area contributed by atoms with Crippen molar-refractivity contribution in [1.29, 1.82) is 0 Å². The predicted molar refractivity (Wildman–Crippen MR) is 96.6 cm³/mol. The Hall–Kier alpha value is -1.27. The van der Waals surface area contributed by atoms with Crippen LogP contribution in [0.15, 0.2) is 42.5 Å². The van der Waals surface area contributed by atoms with Crippen molar-refractivity contribution in [3.05, 3.63) is 63.6 Å². The van der Waals surface area contributed by atoms with Crippen molar-refractivity contribution in [3.63, 3.8) is 0 Å². The molecule has 0 radical (unpaired) electrons. The van der Waals surface area contributed by atoms with Crippen LogP contribution in [0.25, 0.3) is 0 Å². The topological polar surface area (TPSA) is 58.2 Å². The number of rotatable bonds is 6. The Morgan fingerprint density at radius 1 is 1.09 bits per heavy atom. The highest BCUT2D eigenvalue weighted by molar-refractivity contribution is 7.92. The third-order valence-electron chi connectivity index (χ3n) is 3.34. The molecule has 0 aromatic heterocycles.